The van der Waals surface area contributed by atoms with Crippen LogP contribution in [0.5, 0.6) is 0 Å². The Hall–Kier alpha value is -3.36. The third kappa shape index (κ3) is 3.51. The van der Waals surface area contributed by atoms with E-state index in [4.69, 9.17) is 0 Å². The van der Waals surface area contributed by atoms with Gasteiger partial charge in [0.15, 0.2) is 5.82 Å². The van der Waals surface area contributed by atoms with Gasteiger partial charge in [-0.25, -0.2) is 19.0 Å². The predicted molar refractivity (Wildman–Crippen MR) is 109 cm³/mol. The van der Waals surface area contributed by atoms with Crippen LogP contribution in [-0.2, 0) is 6.54 Å². The second-order valence-corrected chi connectivity index (χ2v) is 7.64. The minimum absolute atomic E-state index is 0.102. The summed E-state index contributed by atoms with van der Waals surface area (Å²) in [6, 6.07) is 3.65. The Morgan fingerprint density at radius 3 is 2.67 bits per heavy atom. The largest absolute Gasteiger partial charge is 0.355 e. The van der Waals surface area contributed by atoms with Crippen molar-refractivity contribution in [1.29, 1.82) is 0 Å². The Bertz CT molecular complexity index is 1040. The van der Waals surface area contributed by atoms with E-state index in [1.54, 1.807) is 46.6 Å². The molecule has 8 nitrogen and oxygen atoms in total. The monoisotopic (exact) mass is 407 g/mol. The summed E-state index contributed by atoms with van der Waals surface area (Å²) in [5, 5.41) is 4.53. The molecule has 0 aliphatic carbocycles. The zero-order chi connectivity index (χ0) is 20.5. The molecule has 0 spiro atoms. The van der Waals surface area contributed by atoms with Gasteiger partial charge in [0.1, 0.15) is 12.0 Å². The van der Waals surface area contributed by atoms with Crippen LogP contribution in [0.1, 0.15) is 41.7 Å². The van der Waals surface area contributed by atoms with Gasteiger partial charge in [-0.15, -0.1) is 0 Å². The number of anilines is 2. The van der Waals surface area contributed by atoms with Crippen molar-refractivity contribution < 1.29 is 9.18 Å². The first-order valence-corrected chi connectivity index (χ1v) is 10.2. The van der Waals surface area contributed by atoms with Gasteiger partial charge >= 0.3 is 0 Å². The molecule has 1 unspecified atom stereocenters. The standard InChI is InChI=1S/C21H22FN7O/c22-15-4-1-2-8-27(9-6-15)19-11-25-20(12-24-19)29-13-17-18(26-29)14-28(21(17)30)16-5-3-7-23-10-16/h3,5,7,10-13,15H,1-2,4,6,8-9,14H2. The van der Waals surface area contributed by atoms with Crippen molar-refractivity contribution in [2.75, 3.05) is 22.9 Å². The maximum absolute atomic E-state index is 13.7. The molecule has 0 radical (unpaired) electrons. The maximum Gasteiger partial charge on any atom is 0.262 e. The number of fused-ring (bicyclic) bond motifs is 1. The average molecular weight is 407 g/mol. The molecule has 1 atom stereocenters. The first kappa shape index (κ1) is 18.7. The molecule has 5 heterocycles. The number of amides is 1. The third-order valence-electron chi connectivity index (χ3n) is 5.62. The minimum atomic E-state index is -0.740. The lowest BCUT2D eigenvalue weighted by atomic mass is 10.1. The molecule has 2 aliphatic rings. The first-order valence-electron chi connectivity index (χ1n) is 10.2. The fraction of sp³-hybridized carbons (Fsp3) is 0.381. The first-order chi connectivity index (χ1) is 14.7. The molecule has 1 fully saturated rings. The zero-order valence-electron chi connectivity index (χ0n) is 16.5. The third-order valence-corrected chi connectivity index (χ3v) is 5.62. The number of hydrogen-bond acceptors (Lipinski definition) is 6. The van der Waals surface area contributed by atoms with Gasteiger partial charge in [-0.05, 0) is 37.8 Å². The molecule has 5 rings (SSSR count). The number of nitrogens with zero attached hydrogens (tertiary/aromatic N) is 7. The van der Waals surface area contributed by atoms with Crippen LogP contribution in [0.4, 0.5) is 15.9 Å². The van der Waals surface area contributed by atoms with E-state index in [1.807, 2.05) is 6.07 Å². The lowest BCUT2D eigenvalue weighted by molar-refractivity contribution is 0.0996. The number of pyridine rings is 1. The number of alkyl halides is 1. The number of aromatic nitrogens is 5. The summed E-state index contributed by atoms with van der Waals surface area (Å²) >= 11 is 0. The summed E-state index contributed by atoms with van der Waals surface area (Å²) in [4.78, 5) is 29.6. The lowest BCUT2D eigenvalue weighted by Gasteiger charge is -2.26. The van der Waals surface area contributed by atoms with E-state index in [-0.39, 0.29) is 5.91 Å². The lowest BCUT2D eigenvalue weighted by Crippen LogP contribution is -2.30. The molecular formula is C21H22FN7O. The molecule has 2 aliphatic heterocycles. The van der Waals surface area contributed by atoms with Gasteiger partial charge < -0.3 is 9.80 Å². The van der Waals surface area contributed by atoms with E-state index >= 15 is 0 Å². The molecule has 1 amide bonds. The summed E-state index contributed by atoms with van der Waals surface area (Å²) in [5.74, 6) is 1.19. The van der Waals surface area contributed by atoms with Crippen LogP contribution in [0.2, 0.25) is 0 Å². The van der Waals surface area contributed by atoms with Crippen molar-refractivity contribution in [3.8, 4) is 5.82 Å². The second kappa shape index (κ2) is 7.81. The Labute approximate surface area is 173 Å². The highest BCUT2D eigenvalue weighted by molar-refractivity contribution is 6.09. The molecule has 30 heavy (non-hydrogen) atoms. The van der Waals surface area contributed by atoms with Crippen molar-refractivity contribution in [3.63, 3.8) is 0 Å². The topological polar surface area (TPSA) is 80.0 Å². The Morgan fingerprint density at radius 2 is 1.90 bits per heavy atom. The van der Waals surface area contributed by atoms with Gasteiger partial charge in [0.2, 0.25) is 0 Å². The highest BCUT2D eigenvalue weighted by atomic mass is 19.1. The Balaban J connectivity index is 1.32. The molecule has 0 saturated carbocycles. The summed E-state index contributed by atoms with van der Waals surface area (Å²) < 4.78 is 15.3. The zero-order valence-corrected chi connectivity index (χ0v) is 16.5. The van der Waals surface area contributed by atoms with Gasteiger partial charge in [0, 0.05) is 25.5 Å². The van der Waals surface area contributed by atoms with Crippen LogP contribution in [0.3, 0.4) is 0 Å². The van der Waals surface area contributed by atoms with Crippen molar-refractivity contribution in [1.82, 2.24) is 24.7 Å². The summed E-state index contributed by atoms with van der Waals surface area (Å²) in [6.07, 6.45) is 10.7. The summed E-state index contributed by atoms with van der Waals surface area (Å²) in [6.45, 7) is 1.90. The molecule has 0 N–H and O–H groups in total. The molecule has 154 valence electrons. The Morgan fingerprint density at radius 1 is 1.03 bits per heavy atom. The molecule has 9 heteroatoms. The van der Waals surface area contributed by atoms with E-state index in [0.717, 1.165) is 30.9 Å². The number of halogens is 1. The molecule has 3 aromatic rings. The molecule has 0 aromatic carbocycles. The van der Waals surface area contributed by atoms with Crippen LogP contribution >= 0.6 is 0 Å². The normalized spacial score (nSPS) is 19.5. The van der Waals surface area contributed by atoms with E-state index in [0.29, 0.717) is 43.0 Å². The van der Waals surface area contributed by atoms with Crippen LogP contribution in [0, 0.1) is 0 Å². The molecular weight excluding hydrogens is 385 g/mol. The number of hydrogen-bond donors (Lipinski definition) is 0. The van der Waals surface area contributed by atoms with Crippen molar-refractivity contribution >= 4 is 17.4 Å². The number of carbonyl (C=O) groups is 1. The van der Waals surface area contributed by atoms with E-state index < -0.39 is 6.17 Å². The van der Waals surface area contributed by atoms with Gasteiger partial charge in [0.25, 0.3) is 5.91 Å². The fourth-order valence-corrected chi connectivity index (χ4v) is 3.96. The highest BCUT2D eigenvalue weighted by Crippen LogP contribution is 2.27. The van der Waals surface area contributed by atoms with E-state index in [9.17, 15) is 9.18 Å². The van der Waals surface area contributed by atoms with E-state index in [1.165, 1.54) is 0 Å². The Kier molecular flexibility index (Phi) is 4.86. The van der Waals surface area contributed by atoms with Gasteiger partial charge in [0.05, 0.1) is 42.1 Å². The van der Waals surface area contributed by atoms with Gasteiger partial charge in [-0.3, -0.25) is 9.78 Å². The average Bonchev–Trinajstić information content (AvgIpc) is 3.31. The highest BCUT2D eigenvalue weighted by Gasteiger charge is 2.32. The van der Waals surface area contributed by atoms with Crippen LogP contribution in [-0.4, -0.2) is 49.9 Å². The van der Waals surface area contributed by atoms with E-state index in [2.05, 4.69) is 25.0 Å². The van der Waals surface area contributed by atoms with Crippen molar-refractivity contribution in [3.05, 3.63) is 54.4 Å². The van der Waals surface area contributed by atoms with Crippen LogP contribution < -0.4 is 9.80 Å². The number of carbonyl (C=O) groups excluding carboxylic acids is 1. The molecule has 0 bridgehead atoms. The summed E-state index contributed by atoms with van der Waals surface area (Å²) in [7, 11) is 0. The molecule has 3 aromatic heterocycles. The predicted octanol–water partition coefficient (Wildman–Crippen LogP) is 2.94. The van der Waals surface area contributed by atoms with Crippen LogP contribution in [0.15, 0.2) is 43.1 Å². The minimum Gasteiger partial charge on any atom is -0.355 e. The van der Waals surface area contributed by atoms with Gasteiger partial charge in [-0.2, -0.15) is 5.10 Å². The quantitative estimate of drug-likeness (QED) is 0.664. The smallest absolute Gasteiger partial charge is 0.262 e. The number of rotatable bonds is 3. The maximum atomic E-state index is 13.7. The van der Waals surface area contributed by atoms with Crippen LogP contribution in [0.25, 0.3) is 5.82 Å². The fourth-order valence-electron chi connectivity index (χ4n) is 3.96. The van der Waals surface area contributed by atoms with Crippen molar-refractivity contribution in [2.45, 2.75) is 38.4 Å². The second-order valence-electron chi connectivity index (χ2n) is 7.64. The molecule has 1 saturated heterocycles. The summed E-state index contributed by atoms with van der Waals surface area (Å²) in [5.41, 5.74) is 2.01. The van der Waals surface area contributed by atoms with Crippen molar-refractivity contribution in [2.24, 2.45) is 0 Å². The SMILES string of the molecule is O=C1c2cn(-c3cnc(N4CCCCC(F)CC4)cn3)nc2CN1c1cccnc1. The van der Waals surface area contributed by atoms with Gasteiger partial charge in [-0.1, -0.05) is 0 Å².